The van der Waals surface area contributed by atoms with Crippen LogP contribution in [-0.2, 0) is 4.74 Å². The van der Waals surface area contributed by atoms with E-state index in [1.54, 1.807) is 0 Å². The van der Waals surface area contributed by atoms with Gasteiger partial charge in [0.2, 0.25) is 0 Å². The van der Waals surface area contributed by atoms with E-state index in [1.165, 1.54) is 14.0 Å². The Morgan fingerprint density at radius 1 is 1.86 bits per heavy atom. The minimum atomic E-state index is -1.14. The number of ether oxygens (including phenoxy) is 1. The molecule has 3 N–H and O–H groups in total. The maximum Gasteiger partial charge on any atom is 0.174 e. The van der Waals surface area contributed by atoms with E-state index in [1.807, 2.05) is 0 Å². The van der Waals surface area contributed by atoms with Gasteiger partial charge in [0.1, 0.15) is 0 Å². The summed E-state index contributed by atoms with van der Waals surface area (Å²) in [5.41, 5.74) is 5.04. The molecule has 0 saturated heterocycles. The van der Waals surface area contributed by atoms with E-state index < -0.39 is 5.79 Å². The van der Waals surface area contributed by atoms with Crippen molar-refractivity contribution >= 4 is 0 Å². The molecule has 1 unspecified atom stereocenters. The monoisotopic (exact) mass is 105 g/mol. The van der Waals surface area contributed by atoms with Crippen molar-refractivity contribution in [2.75, 3.05) is 13.7 Å². The SMILES string of the molecule is COC(C)(O)CN. The van der Waals surface area contributed by atoms with Gasteiger partial charge in [0.15, 0.2) is 5.79 Å². The Balaban J connectivity index is 3.36. The Morgan fingerprint density at radius 2 is 2.29 bits per heavy atom. The molecule has 7 heavy (non-hydrogen) atoms. The van der Waals surface area contributed by atoms with Gasteiger partial charge in [0, 0.05) is 13.7 Å². The van der Waals surface area contributed by atoms with Gasteiger partial charge in [-0.3, -0.25) is 0 Å². The smallest absolute Gasteiger partial charge is 0.174 e. The second kappa shape index (κ2) is 2.26. The summed E-state index contributed by atoms with van der Waals surface area (Å²) in [5, 5.41) is 8.78. The highest BCUT2D eigenvalue weighted by Gasteiger charge is 2.14. The lowest BCUT2D eigenvalue weighted by atomic mass is 10.3. The predicted octanol–water partition coefficient (Wildman–Crippen LogP) is -0.700. The summed E-state index contributed by atoms with van der Waals surface area (Å²) in [7, 11) is 1.41. The molecule has 0 aliphatic heterocycles. The van der Waals surface area contributed by atoms with Crippen molar-refractivity contribution in [3.05, 3.63) is 0 Å². The quantitative estimate of drug-likeness (QED) is 0.456. The molecule has 0 rings (SSSR count). The number of hydrogen-bond donors (Lipinski definition) is 2. The summed E-state index contributed by atoms with van der Waals surface area (Å²) in [6.45, 7) is 1.64. The highest BCUT2D eigenvalue weighted by atomic mass is 16.6. The zero-order valence-electron chi connectivity index (χ0n) is 4.64. The molecule has 44 valence electrons. The summed E-state index contributed by atoms with van der Waals surface area (Å²) in [4.78, 5) is 0. The Kier molecular flexibility index (Phi) is 2.22. The topological polar surface area (TPSA) is 55.5 Å². The maximum atomic E-state index is 8.78. The molecule has 0 heterocycles. The fraction of sp³-hybridized carbons (Fsp3) is 1.00. The van der Waals surface area contributed by atoms with Crippen LogP contribution in [0.25, 0.3) is 0 Å². The molecule has 3 nitrogen and oxygen atoms in total. The van der Waals surface area contributed by atoms with Crippen molar-refractivity contribution < 1.29 is 9.84 Å². The molecular formula is C4H11NO2. The van der Waals surface area contributed by atoms with E-state index in [0.717, 1.165) is 0 Å². The summed E-state index contributed by atoms with van der Waals surface area (Å²) >= 11 is 0. The van der Waals surface area contributed by atoms with Gasteiger partial charge in [-0.2, -0.15) is 0 Å². The molecule has 0 fully saturated rings. The van der Waals surface area contributed by atoms with E-state index in [0.29, 0.717) is 0 Å². The van der Waals surface area contributed by atoms with Crippen molar-refractivity contribution in [1.82, 2.24) is 0 Å². The van der Waals surface area contributed by atoms with E-state index in [4.69, 9.17) is 10.8 Å². The second-order valence-electron chi connectivity index (χ2n) is 1.58. The van der Waals surface area contributed by atoms with Crippen molar-refractivity contribution in [2.24, 2.45) is 5.73 Å². The molecule has 0 aliphatic carbocycles. The molecule has 1 atom stereocenters. The zero-order chi connectivity index (χ0) is 5.91. The maximum absolute atomic E-state index is 8.78. The Morgan fingerprint density at radius 3 is 2.29 bits per heavy atom. The first kappa shape index (κ1) is 6.88. The van der Waals surface area contributed by atoms with Gasteiger partial charge in [-0.05, 0) is 6.92 Å². The van der Waals surface area contributed by atoms with Crippen LogP contribution < -0.4 is 5.73 Å². The molecule has 3 heteroatoms. The van der Waals surface area contributed by atoms with Gasteiger partial charge in [-0.1, -0.05) is 0 Å². The Bertz CT molecular complexity index is 47.7. The van der Waals surface area contributed by atoms with Crippen LogP contribution in [0.2, 0.25) is 0 Å². The van der Waals surface area contributed by atoms with Crippen LogP contribution in [0.3, 0.4) is 0 Å². The molecule has 0 aromatic heterocycles. The minimum absolute atomic E-state index is 0.128. The van der Waals surface area contributed by atoms with Gasteiger partial charge in [0.05, 0.1) is 0 Å². The largest absolute Gasteiger partial charge is 0.365 e. The standard InChI is InChI=1S/C4H11NO2/c1-4(6,3-5)7-2/h6H,3,5H2,1-2H3. The van der Waals surface area contributed by atoms with E-state index in [9.17, 15) is 0 Å². The van der Waals surface area contributed by atoms with Crippen molar-refractivity contribution in [3.63, 3.8) is 0 Å². The lowest BCUT2D eigenvalue weighted by molar-refractivity contribution is -0.161. The normalized spacial score (nSPS) is 18.9. The first-order valence-electron chi connectivity index (χ1n) is 2.10. The summed E-state index contributed by atoms with van der Waals surface area (Å²) in [5.74, 6) is -1.14. The van der Waals surface area contributed by atoms with Gasteiger partial charge >= 0.3 is 0 Å². The summed E-state index contributed by atoms with van der Waals surface area (Å²) in [6.07, 6.45) is 0. The van der Waals surface area contributed by atoms with Crippen LogP contribution >= 0.6 is 0 Å². The third-order valence-corrected chi connectivity index (χ3v) is 0.818. The first-order chi connectivity index (χ1) is 3.12. The highest BCUT2D eigenvalue weighted by molar-refractivity contribution is 4.56. The van der Waals surface area contributed by atoms with Gasteiger partial charge in [-0.15, -0.1) is 0 Å². The summed E-state index contributed by atoms with van der Waals surface area (Å²) < 4.78 is 4.52. The van der Waals surface area contributed by atoms with Crippen LogP contribution in [0.4, 0.5) is 0 Å². The first-order valence-corrected chi connectivity index (χ1v) is 2.10. The van der Waals surface area contributed by atoms with Crippen LogP contribution in [0.5, 0.6) is 0 Å². The molecule has 0 saturated carbocycles. The molecular weight excluding hydrogens is 94.0 g/mol. The molecule has 0 aliphatic rings. The van der Waals surface area contributed by atoms with E-state index in [2.05, 4.69) is 4.74 Å². The zero-order valence-corrected chi connectivity index (χ0v) is 4.64. The van der Waals surface area contributed by atoms with Crippen molar-refractivity contribution in [3.8, 4) is 0 Å². The minimum Gasteiger partial charge on any atom is -0.365 e. The predicted molar refractivity (Wildman–Crippen MR) is 26.7 cm³/mol. The van der Waals surface area contributed by atoms with Crippen LogP contribution in [0.1, 0.15) is 6.92 Å². The van der Waals surface area contributed by atoms with Crippen LogP contribution in [0.15, 0.2) is 0 Å². The van der Waals surface area contributed by atoms with Gasteiger partial charge < -0.3 is 15.6 Å². The highest BCUT2D eigenvalue weighted by Crippen LogP contribution is 1.97. The average Bonchev–Trinajstić information content (AvgIpc) is 1.68. The van der Waals surface area contributed by atoms with Gasteiger partial charge in [0.25, 0.3) is 0 Å². The lowest BCUT2D eigenvalue weighted by Crippen LogP contribution is -2.35. The molecule has 0 aromatic carbocycles. The molecule has 0 bridgehead atoms. The number of aliphatic hydroxyl groups is 1. The number of methoxy groups -OCH3 is 1. The fourth-order valence-corrected chi connectivity index (χ4v) is 0.0833. The molecule has 0 aromatic rings. The molecule has 0 amide bonds. The summed E-state index contributed by atoms with van der Waals surface area (Å²) in [6, 6.07) is 0. The molecule has 0 spiro atoms. The van der Waals surface area contributed by atoms with Crippen molar-refractivity contribution in [1.29, 1.82) is 0 Å². The van der Waals surface area contributed by atoms with E-state index in [-0.39, 0.29) is 6.54 Å². The van der Waals surface area contributed by atoms with Crippen LogP contribution in [0, 0.1) is 0 Å². The average molecular weight is 105 g/mol. The fourth-order valence-electron chi connectivity index (χ4n) is 0.0833. The third-order valence-electron chi connectivity index (χ3n) is 0.818. The van der Waals surface area contributed by atoms with Crippen molar-refractivity contribution in [2.45, 2.75) is 12.7 Å². The number of hydrogen-bond acceptors (Lipinski definition) is 3. The Labute approximate surface area is 43.1 Å². The third kappa shape index (κ3) is 2.56. The molecule has 0 radical (unpaired) electrons. The van der Waals surface area contributed by atoms with Gasteiger partial charge in [-0.25, -0.2) is 0 Å². The van der Waals surface area contributed by atoms with Crippen LogP contribution in [-0.4, -0.2) is 24.5 Å². The second-order valence-corrected chi connectivity index (χ2v) is 1.58. The van der Waals surface area contributed by atoms with E-state index >= 15 is 0 Å². The Hall–Kier alpha value is -0.120. The lowest BCUT2D eigenvalue weighted by Gasteiger charge is -2.17. The number of rotatable bonds is 2. The number of nitrogens with two attached hydrogens (primary N) is 1.